The van der Waals surface area contributed by atoms with E-state index < -0.39 is 17.2 Å². The molecule has 0 bridgehead atoms. The number of anilines is 1. The smallest absolute Gasteiger partial charge is 0.272 e. The zero-order valence-corrected chi connectivity index (χ0v) is 13.7. The molecule has 3 aromatic heterocycles. The van der Waals surface area contributed by atoms with Crippen LogP contribution in [0.25, 0.3) is 43.8 Å². The van der Waals surface area contributed by atoms with Gasteiger partial charge in [0, 0.05) is 27.9 Å². The maximum atomic E-state index is 14.7. The molecule has 8 heteroatoms. The van der Waals surface area contributed by atoms with Crippen LogP contribution in [-0.4, -0.2) is 20.2 Å². The molecule has 0 radical (unpaired) electrons. The summed E-state index contributed by atoms with van der Waals surface area (Å²) in [5, 5.41) is 7.76. The first-order chi connectivity index (χ1) is 13.1. The molecule has 0 aliphatic rings. The molecule has 0 unspecified atom stereocenters. The van der Waals surface area contributed by atoms with Gasteiger partial charge in [-0.2, -0.15) is 5.10 Å². The number of pyridine rings is 2. The van der Waals surface area contributed by atoms with E-state index in [-0.39, 0.29) is 16.7 Å². The van der Waals surface area contributed by atoms with Crippen molar-refractivity contribution in [3.8, 4) is 11.1 Å². The second kappa shape index (κ2) is 5.34. The number of benzene rings is 2. The number of hydrogen-bond acceptors (Lipinski definition) is 4. The van der Waals surface area contributed by atoms with Crippen LogP contribution < -0.4 is 11.3 Å². The molecule has 2 aromatic carbocycles. The summed E-state index contributed by atoms with van der Waals surface area (Å²) in [7, 11) is 0. The minimum Gasteiger partial charge on any atom is -0.394 e. The first kappa shape index (κ1) is 15.4. The normalized spacial score (nSPS) is 11.6. The lowest BCUT2D eigenvalue weighted by atomic mass is 9.95. The van der Waals surface area contributed by atoms with Crippen LogP contribution >= 0.6 is 0 Å². The Morgan fingerprint density at radius 3 is 2.70 bits per heavy atom. The van der Waals surface area contributed by atoms with Gasteiger partial charge in [-0.05, 0) is 29.8 Å². The predicted molar refractivity (Wildman–Crippen MR) is 99.3 cm³/mol. The Morgan fingerprint density at radius 1 is 1.00 bits per heavy atom. The topological polar surface area (TPSA) is 100 Å². The molecule has 0 aliphatic heterocycles. The number of nitrogens with one attached hydrogen (secondary N) is 2. The number of aromatic amines is 2. The standard InChI is InChI=1S/C19H11F2N5O/c20-12-4-3-8(11-7-24-26-18(11)12)14-10-6-13(21)17-9(2-1-5-23-17)16(10)25-19(27)15(14)22/h1-7H,22H2,(H,24,26)(H,25,27). The van der Waals surface area contributed by atoms with Crippen LogP contribution in [0, 0.1) is 11.6 Å². The number of nitrogen functional groups attached to an aromatic ring is 1. The highest BCUT2D eigenvalue weighted by molar-refractivity contribution is 6.14. The Morgan fingerprint density at radius 2 is 1.85 bits per heavy atom. The molecule has 0 fully saturated rings. The van der Waals surface area contributed by atoms with Gasteiger partial charge in [0.15, 0.2) is 0 Å². The monoisotopic (exact) mass is 363 g/mol. The molecule has 0 aliphatic carbocycles. The molecule has 4 N–H and O–H groups in total. The molecule has 3 heterocycles. The summed E-state index contributed by atoms with van der Waals surface area (Å²) in [5.41, 5.74) is 7.01. The van der Waals surface area contributed by atoms with Crippen molar-refractivity contribution in [2.24, 2.45) is 0 Å². The molecule has 132 valence electrons. The van der Waals surface area contributed by atoms with Gasteiger partial charge in [-0.3, -0.25) is 14.9 Å². The minimum absolute atomic E-state index is 0.0840. The van der Waals surface area contributed by atoms with E-state index in [9.17, 15) is 13.6 Å². The highest BCUT2D eigenvalue weighted by Gasteiger charge is 2.19. The van der Waals surface area contributed by atoms with Gasteiger partial charge in [0.1, 0.15) is 28.4 Å². The van der Waals surface area contributed by atoms with Gasteiger partial charge >= 0.3 is 0 Å². The molecule has 0 saturated carbocycles. The van der Waals surface area contributed by atoms with Gasteiger partial charge in [0.05, 0.1) is 11.7 Å². The minimum atomic E-state index is -0.545. The van der Waals surface area contributed by atoms with Crippen LogP contribution in [0.15, 0.2) is 47.5 Å². The summed E-state index contributed by atoms with van der Waals surface area (Å²) in [4.78, 5) is 19.3. The number of rotatable bonds is 1. The fraction of sp³-hybridized carbons (Fsp3) is 0. The van der Waals surface area contributed by atoms with Crippen molar-refractivity contribution in [3.63, 3.8) is 0 Å². The van der Waals surface area contributed by atoms with Crippen molar-refractivity contribution < 1.29 is 8.78 Å². The molecule has 0 atom stereocenters. The van der Waals surface area contributed by atoms with Crippen LogP contribution in [-0.2, 0) is 0 Å². The summed E-state index contributed by atoms with van der Waals surface area (Å²) < 4.78 is 28.7. The predicted octanol–water partition coefficient (Wildman–Crippen LogP) is 3.48. The molecule has 6 nitrogen and oxygen atoms in total. The number of H-pyrrole nitrogens is 2. The Labute approximate surface area is 149 Å². The summed E-state index contributed by atoms with van der Waals surface area (Å²) in [6, 6.07) is 7.36. The Hall–Kier alpha value is -3.81. The lowest BCUT2D eigenvalue weighted by Gasteiger charge is -2.13. The van der Waals surface area contributed by atoms with Crippen LogP contribution in [0.5, 0.6) is 0 Å². The van der Waals surface area contributed by atoms with E-state index in [4.69, 9.17) is 5.73 Å². The van der Waals surface area contributed by atoms with E-state index >= 15 is 0 Å². The van der Waals surface area contributed by atoms with Gasteiger partial charge in [0.25, 0.3) is 5.56 Å². The van der Waals surface area contributed by atoms with E-state index in [2.05, 4.69) is 20.2 Å². The second-order valence-electron chi connectivity index (χ2n) is 6.18. The summed E-state index contributed by atoms with van der Waals surface area (Å²) >= 11 is 0. The number of nitrogens with zero attached hydrogens (tertiary/aromatic N) is 2. The average molecular weight is 363 g/mol. The maximum Gasteiger partial charge on any atom is 0.272 e. The van der Waals surface area contributed by atoms with Crippen LogP contribution in [0.3, 0.4) is 0 Å². The van der Waals surface area contributed by atoms with Crippen molar-refractivity contribution >= 4 is 38.4 Å². The molecule has 5 aromatic rings. The van der Waals surface area contributed by atoms with Gasteiger partial charge in [-0.1, -0.05) is 6.07 Å². The number of nitrogens with two attached hydrogens (primary N) is 1. The largest absolute Gasteiger partial charge is 0.394 e. The van der Waals surface area contributed by atoms with Gasteiger partial charge < -0.3 is 10.7 Å². The Kier molecular flexibility index (Phi) is 3.06. The van der Waals surface area contributed by atoms with Crippen molar-refractivity contribution in [1.29, 1.82) is 0 Å². The number of fused-ring (bicyclic) bond motifs is 4. The Bertz CT molecular complexity index is 1440. The second-order valence-corrected chi connectivity index (χ2v) is 6.18. The molecule has 0 saturated heterocycles. The first-order valence-electron chi connectivity index (χ1n) is 8.07. The van der Waals surface area contributed by atoms with E-state index in [0.29, 0.717) is 32.8 Å². The summed E-state index contributed by atoms with van der Waals surface area (Å²) in [6.45, 7) is 0. The number of hydrogen-bond donors (Lipinski definition) is 3. The average Bonchev–Trinajstić information content (AvgIpc) is 3.16. The molecule has 0 spiro atoms. The quantitative estimate of drug-likeness (QED) is 0.397. The zero-order chi connectivity index (χ0) is 18.7. The zero-order valence-electron chi connectivity index (χ0n) is 13.7. The first-order valence-corrected chi connectivity index (χ1v) is 8.07. The lowest BCUT2D eigenvalue weighted by molar-refractivity contribution is 0.636. The third kappa shape index (κ3) is 2.06. The SMILES string of the molecule is Nc1c(-c2ccc(F)c3[nH]ncc23)c2cc(F)c3ncccc3c2[nH]c1=O. The van der Waals surface area contributed by atoms with E-state index in [0.717, 1.165) is 0 Å². The van der Waals surface area contributed by atoms with Crippen LogP contribution in [0.4, 0.5) is 14.5 Å². The van der Waals surface area contributed by atoms with Crippen LogP contribution in [0.2, 0.25) is 0 Å². The van der Waals surface area contributed by atoms with Gasteiger partial charge in [0.2, 0.25) is 0 Å². The lowest BCUT2D eigenvalue weighted by Crippen LogP contribution is -2.14. The van der Waals surface area contributed by atoms with Crippen LogP contribution in [0.1, 0.15) is 0 Å². The molecule has 0 amide bonds. The third-order valence-corrected chi connectivity index (χ3v) is 4.70. The van der Waals surface area contributed by atoms with Gasteiger partial charge in [-0.25, -0.2) is 8.78 Å². The number of halogens is 2. The van der Waals surface area contributed by atoms with Crippen molar-refractivity contribution in [1.82, 2.24) is 20.2 Å². The fourth-order valence-corrected chi connectivity index (χ4v) is 3.49. The van der Waals surface area contributed by atoms with Crippen molar-refractivity contribution in [3.05, 3.63) is 64.7 Å². The van der Waals surface area contributed by atoms with E-state index in [1.807, 2.05) is 0 Å². The van der Waals surface area contributed by atoms with Crippen molar-refractivity contribution in [2.45, 2.75) is 0 Å². The van der Waals surface area contributed by atoms with E-state index in [1.165, 1.54) is 30.6 Å². The molecular weight excluding hydrogens is 352 g/mol. The molecule has 5 rings (SSSR count). The summed E-state index contributed by atoms with van der Waals surface area (Å²) in [6.07, 6.45) is 2.92. The molecular formula is C19H11F2N5O. The van der Waals surface area contributed by atoms with Crippen molar-refractivity contribution in [2.75, 3.05) is 5.73 Å². The highest BCUT2D eigenvalue weighted by Crippen LogP contribution is 2.38. The van der Waals surface area contributed by atoms with Gasteiger partial charge in [-0.15, -0.1) is 0 Å². The van der Waals surface area contributed by atoms with E-state index in [1.54, 1.807) is 12.1 Å². The Balaban J connectivity index is 2.03. The fourth-order valence-electron chi connectivity index (χ4n) is 3.49. The third-order valence-electron chi connectivity index (χ3n) is 4.70. The summed E-state index contributed by atoms with van der Waals surface area (Å²) in [5.74, 6) is -1.03. The number of aromatic nitrogens is 4. The maximum absolute atomic E-state index is 14.7. The highest BCUT2D eigenvalue weighted by atomic mass is 19.1. The molecule has 27 heavy (non-hydrogen) atoms.